The second-order valence-electron chi connectivity index (χ2n) is 5.26. The molecular formula is C17H24N3O2+. The molecule has 2 rings (SSSR count). The zero-order chi connectivity index (χ0) is 15.8. The predicted molar refractivity (Wildman–Crippen MR) is 85.8 cm³/mol. The molecule has 0 atom stereocenters. The molecule has 1 heterocycles. The van der Waals surface area contributed by atoms with Gasteiger partial charge < -0.3 is 14.7 Å². The van der Waals surface area contributed by atoms with Crippen molar-refractivity contribution in [2.45, 2.75) is 20.3 Å². The number of nitrogens with one attached hydrogen (secondary N) is 2. The lowest BCUT2D eigenvalue weighted by Crippen LogP contribution is -3.11. The van der Waals surface area contributed by atoms with E-state index in [1.54, 1.807) is 11.0 Å². The molecule has 0 radical (unpaired) electrons. The van der Waals surface area contributed by atoms with E-state index in [2.05, 4.69) is 24.3 Å². The first-order valence-electron chi connectivity index (χ1n) is 7.88. The number of benzene rings is 1. The Morgan fingerprint density at radius 2 is 1.95 bits per heavy atom. The van der Waals surface area contributed by atoms with Gasteiger partial charge in [0.2, 0.25) is 0 Å². The highest BCUT2D eigenvalue weighted by Gasteiger charge is 2.13. The van der Waals surface area contributed by atoms with E-state index in [0.29, 0.717) is 18.0 Å². The first-order valence-corrected chi connectivity index (χ1v) is 7.88. The lowest BCUT2D eigenvalue weighted by Gasteiger charge is -2.14. The Morgan fingerprint density at radius 1 is 1.23 bits per heavy atom. The molecule has 0 saturated heterocycles. The van der Waals surface area contributed by atoms with Crippen molar-refractivity contribution in [1.82, 2.24) is 10.5 Å². The van der Waals surface area contributed by atoms with Gasteiger partial charge in [-0.15, -0.1) is 0 Å². The van der Waals surface area contributed by atoms with Crippen molar-refractivity contribution in [2.75, 3.05) is 26.2 Å². The number of carbonyl (C=O) groups excluding carboxylic acids is 1. The molecule has 0 unspecified atom stereocenters. The molecule has 0 aliphatic heterocycles. The number of hydrogen-bond donors (Lipinski definition) is 2. The lowest BCUT2D eigenvalue weighted by molar-refractivity contribution is -0.896. The summed E-state index contributed by atoms with van der Waals surface area (Å²) in [6, 6.07) is 11.3. The Hall–Kier alpha value is -2.14. The summed E-state index contributed by atoms with van der Waals surface area (Å²) in [6.45, 7) is 8.33. The standard InChI is InChI=1S/C17H23N3O2/c1-3-20(4-2)12-8-11-18-17(21)15-13-16(22-19-15)14-9-6-5-7-10-14/h5-7,9-10,13H,3-4,8,11-12H2,1-2H3,(H,18,21)/p+1. The fourth-order valence-corrected chi connectivity index (χ4v) is 2.36. The molecule has 0 spiro atoms. The zero-order valence-electron chi connectivity index (χ0n) is 13.3. The second kappa shape index (κ2) is 8.34. The van der Waals surface area contributed by atoms with E-state index in [-0.39, 0.29) is 5.91 Å². The van der Waals surface area contributed by atoms with E-state index in [1.807, 2.05) is 30.3 Å². The Labute approximate surface area is 131 Å². The molecule has 2 N–H and O–H groups in total. The summed E-state index contributed by atoms with van der Waals surface area (Å²) in [4.78, 5) is 13.6. The number of aromatic nitrogens is 1. The van der Waals surface area contributed by atoms with Gasteiger partial charge in [-0.1, -0.05) is 35.5 Å². The molecule has 2 aromatic rings. The maximum Gasteiger partial charge on any atom is 0.273 e. The number of rotatable bonds is 8. The van der Waals surface area contributed by atoms with Crippen LogP contribution in [0.2, 0.25) is 0 Å². The van der Waals surface area contributed by atoms with Gasteiger partial charge in [-0.2, -0.15) is 0 Å². The van der Waals surface area contributed by atoms with Crippen LogP contribution in [-0.4, -0.2) is 37.2 Å². The van der Waals surface area contributed by atoms with Crippen molar-refractivity contribution < 1.29 is 14.2 Å². The Kier molecular flexibility index (Phi) is 6.15. The number of quaternary nitrogens is 1. The van der Waals surface area contributed by atoms with Gasteiger partial charge in [-0.05, 0) is 13.8 Å². The molecule has 1 aromatic carbocycles. The number of hydrogen-bond acceptors (Lipinski definition) is 3. The average molecular weight is 302 g/mol. The normalized spacial score (nSPS) is 10.9. The van der Waals surface area contributed by atoms with Crippen molar-refractivity contribution in [3.63, 3.8) is 0 Å². The zero-order valence-corrected chi connectivity index (χ0v) is 13.3. The van der Waals surface area contributed by atoms with E-state index >= 15 is 0 Å². The predicted octanol–water partition coefficient (Wildman–Crippen LogP) is 1.39. The van der Waals surface area contributed by atoms with Crippen LogP contribution < -0.4 is 10.2 Å². The monoisotopic (exact) mass is 302 g/mol. The van der Waals surface area contributed by atoms with Crippen molar-refractivity contribution in [3.05, 3.63) is 42.1 Å². The van der Waals surface area contributed by atoms with Gasteiger partial charge in [-0.25, -0.2) is 0 Å². The Balaban J connectivity index is 1.82. The largest absolute Gasteiger partial charge is 0.355 e. The van der Waals surface area contributed by atoms with Crippen molar-refractivity contribution in [1.29, 1.82) is 0 Å². The third-order valence-electron chi connectivity index (χ3n) is 3.79. The highest BCUT2D eigenvalue weighted by molar-refractivity contribution is 5.93. The number of nitrogens with zero attached hydrogens (tertiary/aromatic N) is 1. The Morgan fingerprint density at radius 3 is 2.64 bits per heavy atom. The van der Waals surface area contributed by atoms with Gasteiger partial charge in [0.1, 0.15) is 0 Å². The molecule has 1 amide bonds. The van der Waals surface area contributed by atoms with E-state index < -0.39 is 0 Å². The molecular weight excluding hydrogens is 278 g/mol. The van der Waals surface area contributed by atoms with Crippen LogP contribution in [0, 0.1) is 0 Å². The molecule has 0 aliphatic carbocycles. The summed E-state index contributed by atoms with van der Waals surface area (Å²) in [5.41, 5.74) is 1.24. The van der Waals surface area contributed by atoms with Gasteiger partial charge in [0.05, 0.1) is 19.6 Å². The van der Waals surface area contributed by atoms with Crippen LogP contribution in [0.5, 0.6) is 0 Å². The van der Waals surface area contributed by atoms with Crippen LogP contribution in [0.4, 0.5) is 0 Å². The lowest BCUT2D eigenvalue weighted by atomic mass is 10.1. The maximum absolute atomic E-state index is 12.0. The molecule has 118 valence electrons. The fourth-order valence-electron chi connectivity index (χ4n) is 2.36. The molecule has 0 aliphatic rings. The van der Waals surface area contributed by atoms with E-state index in [9.17, 15) is 4.79 Å². The van der Waals surface area contributed by atoms with Crippen molar-refractivity contribution >= 4 is 5.91 Å². The summed E-state index contributed by atoms with van der Waals surface area (Å²) < 4.78 is 5.24. The molecule has 5 heteroatoms. The molecule has 5 nitrogen and oxygen atoms in total. The topological polar surface area (TPSA) is 59.6 Å². The first-order chi connectivity index (χ1) is 10.7. The fraction of sp³-hybridized carbons (Fsp3) is 0.412. The quantitative estimate of drug-likeness (QED) is 0.724. The number of amides is 1. The minimum absolute atomic E-state index is 0.180. The summed E-state index contributed by atoms with van der Waals surface area (Å²) in [6.07, 6.45) is 0.964. The van der Waals surface area contributed by atoms with Crippen LogP contribution in [0.25, 0.3) is 11.3 Å². The van der Waals surface area contributed by atoms with E-state index in [0.717, 1.165) is 31.6 Å². The number of carbonyl (C=O) groups is 1. The SMILES string of the molecule is CC[NH+](CC)CCCNC(=O)c1cc(-c2ccccc2)on1. The average Bonchev–Trinajstić information content (AvgIpc) is 3.06. The minimum Gasteiger partial charge on any atom is -0.355 e. The summed E-state index contributed by atoms with van der Waals surface area (Å²) in [5.74, 6) is 0.429. The smallest absolute Gasteiger partial charge is 0.273 e. The van der Waals surface area contributed by atoms with Crippen LogP contribution >= 0.6 is 0 Å². The van der Waals surface area contributed by atoms with E-state index in [4.69, 9.17) is 4.52 Å². The van der Waals surface area contributed by atoms with Gasteiger partial charge in [-0.3, -0.25) is 4.79 Å². The summed E-state index contributed by atoms with van der Waals surface area (Å²) >= 11 is 0. The minimum atomic E-state index is -0.180. The van der Waals surface area contributed by atoms with Crippen LogP contribution in [0.1, 0.15) is 30.8 Å². The van der Waals surface area contributed by atoms with Gasteiger partial charge >= 0.3 is 0 Å². The van der Waals surface area contributed by atoms with Gasteiger partial charge in [0.15, 0.2) is 11.5 Å². The van der Waals surface area contributed by atoms with Crippen LogP contribution in [-0.2, 0) is 0 Å². The first kappa shape index (κ1) is 16.2. The Bertz CT molecular complexity index is 577. The maximum atomic E-state index is 12.0. The summed E-state index contributed by atoms with van der Waals surface area (Å²) in [7, 11) is 0. The highest BCUT2D eigenvalue weighted by Crippen LogP contribution is 2.19. The van der Waals surface area contributed by atoms with Crippen molar-refractivity contribution in [2.24, 2.45) is 0 Å². The molecule has 0 fully saturated rings. The summed E-state index contributed by atoms with van der Waals surface area (Å²) in [5, 5.41) is 6.74. The van der Waals surface area contributed by atoms with Crippen LogP contribution in [0.3, 0.4) is 0 Å². The molecule has 0 saturated carbocycles. The van der Waals surface area contributed by atoms with Gasteiger partial charge in [0, 0.05) is 24.6 Å². The van der Waals surface area contributed by atoms with Gasteiger partial charge in [0.25, 0.3) is 5.91 Å². The third-order valence-corrected chi connectivity index (χ3v) is 3.79. The molecule has 22 heavy (non-hydrogen) atoms. The second-order valence-corrected chi connectivity index (χ2v) is 5.26. The molecule has 0 bridgehead atoms. The molecule has 1 aromatic heterocycles. The van der Waals surface area contributed by atoms with Crippen molar-refractivity contribution in [3.8, 4) is 11.3 Å². The third kappa shape index (κ3) is 4.43. The highest BCUT2D eigenvalue weighted by atomic mass is 16.5. The van der Waals surface area contributed by atoms with Crippen LogP contribution in [0.15, 0.2) is 40.9 Å². The van der Waals surface area contributed by atoms with E-state index in [1.165, 1.54) is 0 Å².